The fourth-order valence-corrected chi connectivity index (χ4v) is 3.17. The number of rotatable bonds is 6. The standard InChI is InChI=1S/C15H19N3O2S/c1-19-11-6-5-10(12(7-11)20-2)8-17-15-13(9-3-4-9)14(16)18-21-15/h5-7,9,17H,3-4,8H2,1-2H3,(H2,16,18). The Morgan fingerprint density at radius 3 is 2.81 bits per heavy atom. The Kier molecular flexibility index (Phi) is 3.88. The average Bonchev–Trinajstić information content (AvgIpc) is 3.28. The summed E-state index contributed by atoms with van der Waals surface area (Å²) in [5, 5.41) is 4.52. The number of nitrogen functional groups attached to an aromatic ring is 1. The summed E-state index contributed by atoms with van der Waals surface area (Å²) in [6.07, 6.45) is 2.42. The number of anilines is 2. The number of nitrogens with one attached hydrogen (secondary N) is 1. The monoisotopic (exact) mass is 305 g/mol. The summed E-state index contributed by atoms with van der Waals surface area (Å²) in [7, 11) is 3.31. The summed E-state index contributed by atoms with van der Waals surface area (Å²) >= 11 is 1.43. The third kappa shape index (κ3) is 2.90. The van der Waals surface area contributed by atoms with Crippen LogP contribution in [0.2, 0.25) is 0 Å². The number of benzene rings is 1. The van der Waals surface area contributed by atoms with Crippen molar-refractivity contribution in [3.8, 4) is 11.5 Å². The maximum absolute atomic E-state index is 5.96. The van der Waals surface area contributed by atoms with Gasteiger partial charge in [0.25, 0.3) is 0 Å². The maximum atomic E-state index is 5.96. The zero-order valence-electron chi connectivity index (χ0n) is 12.2. The van der Waals surface area contributed by atoms with Gasteiger partial charge in [0.2, 0.25) is 0 Å². The van der Waals surface area contributed by atoms with Gasteiger partial charge in [-0.05, 0) is 42.4 Å². The number of aromatic nitrogens is 1. The predicted molar refractivity (Wildman–Crippen MR) is 85.4 cm³/mol. The van der Waals surface area contributed by atoms with Gasteiger partial charge < -0.3 is 20.5 Å². The second-order valence-electron chi connectivity index (χ2n) is 5.12. The lowest BCUT2D eigenvalue weighted by Gasteiger charge is -2.12. The van der Waals surface area contributed by atoms with Gasteiger partial charge in [-0.15, -0.1) is 0 Å². The average molecular weight is 305 g/mol. The second kappa shape index (κ2) is 5.81. The lowest BCUT2D eigenvalue weighted by atomic mass is 10.1. The highest BCUT2D eigenvalue weighted by atomic mass is 32.1. The van der Waals surface area contributed by atoms with Crippen molar-refractivity contribution in [3.63, 3.8) is 0 Å². The summed E-state index contributed by atoms with van der Waals surface area (Å²) in [5.74, 6) is 2.86. The highest BCUT2D eigenvalue weighted by Crippen LogP contribution is 2.47. The van der Waals surface area contributed by atoms with Crippen LogP contribution in [0.1, 0.15) is 29.9 Å². The summed E-state index contributed by atoms with van der Waals surface area (Å²) in [5.41, 5.74) is 8.23. The molecule has 21 heavy (non-hydrogen) atoms. The molecule has 0 unspecified atom stereocenters. The van der Waals surface area contributed by atoms with Crippen LogP contribution >= 0.6 is 11.5 Å². The first-order chi connectivity index (χ1) is 10.2. The highest BCUT2D eigenvalue weighted by molar-refractivity contribution is 7.10. The van der Waals surface area contributed by atoms with Gasteiger partial charge in [0.1, 0.15) is 22.3 Å². The van der Waals surface area contributed by atoms with Crippen molar-refractivity contribution in [2.75, 3.05) is 25.3 Å². The minimum absolute atomic E-state index is 0.587. The third-order valence-corrected chi connectivity index (χ3v) is 4.51. The first-order valence-corrected chi connectivity index (χ1v) is 7.70. The molecular formula is C15H19N3O2S. The van der Waals surface area contributed by atoms with E-state index in [9.17, 15) is 0 Å². The van der Waals surface area contributed by atoms with Gasteiger partial charge >= 0.3 is 0 Å². The van der Waals surface area contributed by atoms with E-state index < -0.39 is 0 Å². The molecule has 1 aliphatic carbocycles. The van der Waals surface area contributed by atoms with Crippen LogP contribution in [-0.4, -0.2) is 18.6 Å². The van der Waals surface area contributed by atoms with E-state index in [0.29, 0.717) is 18.3 Å². The van der Waals surface area contributed by atoms with Crippen molar-refractivity contribution in [1.29, 1.82) is 0 Å². The Bertz CT molecular complexity index is 638. The molecule has 0 saturated heterocycles. The largest absolute Gasteiger partial charge is 0.497 e. The van der Waals surface area contributed by atoms with E-state index >= 15 is 0 Å². The van der Waals surface area contributed by atoms with E-state index in [4.69, 9.17) is 15.2 Å². The maximum Gasteiger partial charge on any atom is 0.142 e. The molecule has 3 rings (SSSR count). The fraction of sp³-hybridized carbons (Fsp3) is 0.400. The van der Waals surface area contributed by atoms with Gasteiger partial charge in [0.15, 0.2) is 0 Å². The molecule has 0 aliphatic heterocycles. The van der Waals surface area contributed by atoms with Gasteiger partial charge in [0.05, 0.1) is 14.2 Å². The third-order valence-electron chi connectivity index (χ3n) is 3.68. The molecule has 0 bridgehead atoms. The van der Waals surface area contributed by atoms with Crippen LogP contribution < -0.4 is 20.5 Å². The molecule has 1 fully saturated rings. The smallest absolute Gasteiger partial charge is 0.142 e. The molecule has 1 aromatic heterocycles. The number of nitrogens with zero attached hydrogens (tertiary/aromatic N) is 1. The number of ether oxygens (including phenoxy) is 2. The van der Waals surface area contributed by atoms with E-state index in [1.807, 2.05) is 18.2 Å². The zero-order valence-corrected chi connectivity index (χ0v) is 13.0. The van der Waals surface area contributed by atoms with Crippen LogP contribution in [0.3, 0.4) is 0 Å². The minimum Gasteiger partial charge on any atom is -0.497 e. The molecule has 2 aromatic rings. The molecule has 5 nitrogen and oxygen atoms in total. The first-order valence-electron chi connectivity index (χ1n) is 6.92. The van der Waals surface area contributed by atoms with Crippen LogP contribution in [0.15, 0.2) is 18.2 Å². The Balaban J connectivity index is 1.76. The normalized spacial score (nSPS) is 14.0. The van der Waals surface area contributed by atoms with E-state index in [2.05, 4.69) is 9.69 Å². The fourth-order valence-electron chi connectivity index (χ4n) is 2.38. The highest BCUT2D eigenvalue weighted by Gasteiger charge is 2.30. The van der Waals surface area contributed by atoms with E-state index in [-0.39, 0.29) is 0 Å². The minimum atomic E-state index is 0.587. The second-order valence-corrected chi connectivity index (χ2v) is 5.89. The Morgan fingerprint density at radius 2 is 2.14 bits per heavy atom. The van der Waals surface area contributed by atoms with Gasteiger partial charge in [0, 0.05) is 23.7 Å². The predicted octanol–water partition coefficient (Wildman–Crippen LogP) is 3.23. The lowest BCUT2D eigenvalue weighted by molar-refractivity contribution is 0.391. The van der Waals surface area contributed by atoms with E-state index in [1.165, 1.54) is 29.9 Å². The van der Waals surface area contributed by atoms with Gasteiger partial charge in [-0.25, -0.2) is 0 Å². The molecule has 1 aliphatic rings. The molecule has 6 heteroatoms. The first kappa shape index (κ1) is 14.0. The van der Waals surface area contributed by atoms with Crippen LogP contribution in [0.5, 0.6) is 11.5 Å². The van der Waals surface area contributed by atoms with E-state index in [1.54, 1.807) is 14.2 Å². The molecular weight excluding hydrogens is 286 g/mol. The Labute approximate surface area is 128 Å². The number of hydrogen-bond donors (Lipinski definition) is 2. The molecule has 1 heterocycles. The van der Waals surface area contributed by atoms with Crippen LogP contribution in [0.4, 0.5) is 10.8 Å². The van der Waals surface area contributed by atoms with Crippen molar-refractivity contribution in [2.45, 2.75) is 25.3 Å². The summed E-state index contributed by atoms with van der Waals surface area (Å²) in [6, 6.07) is 5.83. The molecule has 0 spiro atoms. The Hall–Kier alpha value is -1.95. The summed E-state index contributed by atoms with van der Waals surface area (Å²) < 4.78 is 14.9. The van der Waals surface area contributed by atoms with Gasteiger partial charge in [-0.2, -0.15) is 4.37 Å². The van der Waals surface area contributed by atoms with Crippen LogP contribution in [0.25, 0.3) is 0 Å². The van der Waals surface area contributed by atoms with Crippen LogP contribution in [-0.2, 0) is 6.54 Å². The van der Waals surface area contributed by atoms with Crippen LogP contribution in [0, 0.1) is 0 Å². The quantitative estimate of drug-likeness (QED) is 0.857. The lowest BCUT2D eigenvalue weighted by Crippen LogP contribution is -2.03. The molecule has 0 amide bonds. The summed E-state index contributed by atoms with van der Waals surface area (Å²) in [6.45, 7) is 0.675. The number of nitrogens with two attached hydrogens (primary N) is 1. The molecule has 0 atom stereocenters. The van der Waals surface area contributed by atoms with Gasteiger partial charge in [-0.3, -0.25) is 0 Å². The topological polar surface area (TPSA) is 69.4 Å². The van der Waals surface area contributed by atoms with E-state index in [0.717, 1.165) is 22.1 Å². The zero-order chi connectivity index (χ0) is 14.8. The van der Waals surface area contributed by atoms with Crippen molar-refractivity contribution in [2.24, 2.45) is 0 Å². The molecule has 0 radical (unpaired) electrons. The molecule has 3 N–H and O–H groups in total. The number of hydrogen-bond acceptors (Lipinski definition) is 6. The summed E-state index contributed by atoms with van der Waals surface area (Å²) in [4.78, 5) is 0. The van der Waals surface area contributed by atoms with Crippen molar-refractivity contribution < 1.29 is 9.47 Å². The SMILES string of the molecule is COc1ccc(CNc2snc(N)c2C2CC2)c(OC)c1. The molecule has 1 saturated carbocycles. The van der Waals surface area contributed by atoms with Crippen molar-refractivity contribution in [3.05, 3.63) is 29.3 Å². The number of methoxy groups -OCH3 is 2. The molecule has 1 aromatic carbocycles. The van der Waals surface area contributed by atoms with Crippen molar-refractivity contribution in [1.82, 2.24) is 4.37 Å². The van der Waals surface area contributed by atoms with Gasteiger partial charge in [-0.1, -0.05) is 0 Å². The van der Waals surface area contributed by atoms with Crippen molar-refractivity contribution >= 4 is 22.4 Å². The molecule has 112 valence electrons. The Morgan fingerprint density at radius 1 is 1.33 bits per heavy atom.